The van der Waals surface area contributed by atoms with E-state index in [0.717, 1.165) is 5.56 Å². The fourth-order valence-corrected chi connectivity index (χ4v) is 2.82. The average molecular weight is 291 g/mol. The molecule has 3 atom stereocenters. The highest BCUT2D eigenvalue weighted by Gasteiger charge is 2.69. The average Bonchev–Trinajstić information content (AvgIpc) is 2.94. The smallest absolute Gasteiger partial charge is 0.408 e. The summed E-state index contributed by atoms with van der Waals surface area (Å²) in [7, 11) is 0. The lowest BCUT2D eigenvalue weighted by atomic mass is 10.1. The molecule has 1 aromatic carbocycles. The summed E-state index contributed by atoms with van der Waals surface area (Å²) in [5, 5.41) is 12.1. The zero-order chi connectivity index (χ0) is 15.8. The number of aliphatic carboxylic acids is 1. The normalized spacial score (nSPS) is 27.8. The van der Waals surface area contributed by atoms with Crippen molar-refractivity contribution in [1.29, 1.82) is 0 Å². The van der Waals surface area contributed by atoms with Crippen LogP contribution in [-0.2, 0) is 9.53 Å². The number of hydrogen-bond acceptors (Lipinski definition) is 3. The van der Waals surface area contributed by atoms with Gasteiger partial charge in [0.2, 0.25) is 0 Å². The molecule has 2 N–H and O–H groups in total. The molecule has 21 heavy (non-hydrogen) atoms. The van der Waals surface area contributed by atoms with Gasteiger partial charge in [0.05, 0.1) is 0 Å². The van der Waals surface area contributed by atoms with Crippen molar-refractivity contribution in [2.45, 2.75) is 44.8 Å². The number of amides is 1. The molecule has 0 aromatic heterocycles. The quantitative estimate of drug-likeness (QED) is 0.898. The Morgan fingerprint density at radius 3 is 2.29 bits per heavy atom. The molecule has 1 saturated carbocycles. The van der Waals surface area contributed by atoms with Crippen molar-refractivity contribution in [2.75, 3.05) is 0 Å². The van der Waals surface area contributed by atoms with E-state index in [9.17, 15) is 14.7 Å². The van der Waals surface area contributed by atoms with Crippen LogP contribution < -0.4 is 5.32 Å². The van der Waals surface area contributed by atoms with Gasteiger partial charge in [-0.05, 0) is 26.3 Å². The van der Waals surface area contributed by atoms with Gasteiger partial charge in [0.1, 0.15) is 5.60 Å². The molecular weight excluding hydrogens is 270 g/mol. The first-order chi connectivity index (χ1) is 9.68. The molecule has 114 valence electrons. The van der Waals surface area contributed by atoms with Crippen LogP contribution in [0.5, 0.6) is 0 Å². The van der Waals surface area contributed by atoms with Gasteiger partial charge in [-0.3, -0.25) is 0 Å². The molecule has 1 aliphatic rings. The van der Waals surface area contributed by atoms with Crippen molar-refractivity contribution in [3.8, 4) is 0 Å². The zero-order valence-electron chi connectivity index (χ0n) is 12.7. The first kappa shape index (κ1) is 15.4. The number of ether oxygens (including phenoxy) is 1. The first-order valence-corrected chi connectivity index (χ1v) is 6.98. The summed E-state index contributed by atoms with van der Waals surface area (Å²) >= 11 is 0. The number of carboxylic acids is 1. The monoisotopic (exact) mass is 291 g/mol. The number of rotatable bonds is 3. The number of carbonyl (C=O) groups is 2. The Bertz CT molecular complexity index is 549. The van der Waals surface area contributed by atoms with Gasteiger partial charge < -0.3 is 15.2 Å². The third-order valence-corrected chi connectivity index (χ3v) is 3.82. The summed E-state index contributed by atoms with van der Waals surface area (Å²) in [6.07, 6.45) is -0.699. The van der Waals surface area contributed by atoms with Gasteiger partial charge in [0, 0.05) is 11.8 Å². The second-order valence-electron chi connectivity index (χ2n) is 6.48. The topological polar surface area (TPSA) is 75.6 Å². The minimum Gasteiger partial charge on any atom is -0.479 e. The van der Waals surface area contributed by atoms with Crippen LogP contribution in [-0.4, -0.2) is 28.3 Å². The molecule has 0 spiro atoms. The third-order valence-electron chi connectivity index (χ3n) is 3.82. The lowest BCUT2D eigenvalue weighted by Gasteiger charge is -2.22. The number of alkyl carbamates (subject to hydrolysis) is 1. The Morgan fingerprint density at radius 2 is 1.81 bits per heavy atom. The lowest BCUT2D eigenvalue weighted by Crippen LogP contribution is -2.47. The van der Waals surface area contributed by atoms with E-state index in [-0.39, 0.29) is 11.8 Å². The predicted octanol–water partition coefficient (Wildman–Crippen LogP) is 2.77. The van der Waals surface area contributed by atoms with E-state index in [0.29, 0.717) is 0 Å². The Morgan fingerprint density at radius 1 is 1.24 bits per heavy atom. The molecule has 0 bridgehead atoms. The molecule has 1 amide bonds. The van der Waals surface area contributed by atoms with Gasteiger partial charge in [-0.15, -0.1) is 0 Å². The van der Waals surface area contributed by atoms with E-state index in [1.807, 2.05) is 37.3 Å². The summed E-state index contributed by atoms with van der Waals surface area (Å²) < 4.78 is 5.18. The second-order valence-corrected chi connectivity index (χ2v) is 6.48. The van der Waals surface area contributed by atoms with Crippen molar-refractivity contribution < 1.29 is 19.4 Å². The van der Waals surface area contributed by atoms with E-state index in [1.54, 1.807) is 20.8 Å². The molecule has 2 rings (SSSR count). The molecule has 1 aliphatic carbocycles. The maximum Gasteiger partial charge on any atom is 0.408 e. The summed E-state index contributed by atoms with van der Waals surface area (Å²) in [4.78, 5) is 23.7. The highest BCUT2D eigenvalue weighted by Crippen LogP contribution is 2.57. The van der Waals surface area contributed by atoms with E-state index < -0.39 is 23.2 Å². The number of benzene rings is 1. The van der Waals surface area contributed by atoms with Crippen LogP contribution in [0.4, 0.5) is 4.79 Å². The van der Waals surface area contributed by atoms with Gasteiger partial charge in [0.15, 0.2) is 5.54 Å². The lowest BCUT2D eigenvalue weighted by molar-refractivity contribution is -0.141. The van der Waals surface area contributed by atoms with Gasteiger partial charge in [0.25, 0.3) is 0 Å². The fourth-order valence-electron chi connectivity index (χ4n) is 2.82. The van der Waals surface area contributed by atoms with E-state index in [2.05, 4.69) is 5.32 Å². The molecule has 5 heteroatoms. The first-order valence-electron chi connectivity index (χ1n) is 6.98. The summed E-state index contributed by atoms with van der Waals surface area (Å²) in [6.45, 7) is 7.05. The van der Waals surface area contributed by atoms with Crippen LogP contribution in [0.25, 0.3) is 0 Å². The van der Waals surface area contributed by atoms with Gasteiger partial charge in [-0.25, -0.2) is 9.59 Å². The highest BCUT2D eigenvalue weighted by molar-refractivity contribution is 5.90. The molecule has 1 fully saturated rings. The Hall–Kier alpha value is -2.04. The minimum absolute atomic E-state index is 0.190. The molecular formula is C16H21NO4. The van der Waals surface area contributed by atoms with Crippen LogP contribution in [0.2, 0.25) is 0 Å². The van der Waals surface area contributed by atoms with Crippen LogP contribution in [0.3, 0.4) is 0 Å². The number of carbonyl (C=O) groups excluding carboxylic acids is 1. The SMILES string of the molecule is C[C@@H]1[C@H](c2ccccc2)[C@]1(NC(=O)OC(C)(C)C)C(=O)O. The third kappa shape index (κ3) is 2.86. The van der Waals surface area contributed by atoms with Gasteiger partial charge in [-0.2, -0.15) is 0 Å². The molecule has 0 heterocycles. The molecule has 0 aliphatic heterocycles. The summed E-state index contributed by atoms with van der Waals surface area (Å²) in [5.74, 6) is -1.47. The van der Waals surface area contributed by atoms with Gasteiger partial charge >= 0.3 is 12.1 Å². The molecule has 5 nitrogen and oxygen atoms in total. The van der Waals surface area contributed by atoms with E-state index in [1.165, 1.54) is 0 Å². The van der Waals surface area contributed by atoms with Crippen LogP contribution in [0, 0.1) is 5.92 Å². The maximum absolute atomic E-state index is 11.9. The minimum atomic E-state index is -1.29. The van der Waals surface area contributed by atoms with Crippen LogP contribution >= 0.6 is 0 Å². The zero-order valence-corrected chi connectivity index (χ0v) is 12.7. The standard InChI is InChI=1S/C16H21NO4/c1-10-12(11-8-6-5-7-9-11)16(10,13(18)19)17-14(20)21-15(2,3)4/h5-10,12H,1-4H3,(H,17,20)(H,18,19)/t10-,12-,16+/m1/s1. The largest absolute Gasteiger partial charge is 0.479 e. The van der Waals surface area contributed by atoms with E-state index >= 15 is 0 Å². The second kappa shape index (κ2) is 5.06. The van der Waals surface area contributed by atoms with Crippen LogP contribution in [0.15, 0.2) is 30.3 Å². The molecule has 1 aromatic rings. The number of nitrogens with one attached hydrogen (secondary N) is 1. The molecule has 0 saturated heterocycles. The van der Waals surface area contributed by atoms with Crippen molar-refractivity contribution in [1.82, 2.24) is 5.32 Å². The highest BCUT2D eigenvalue weighted by atomic mass is 16.6. The Balaban J connectivity index is 2.21. The van der Waals surface area contributed by atoms with Crippen molar-refractivity contribution >= 4 is 12.1 Å². The van der Waals surface area contributed by atoms with Gasteiger partial charge in [-0.1, -0.05) is 37.3 Å². The Labute approximate surface area is 124 Å². The van der Waals surface area contributed by atoms with E-state index in [4.69, 9.17) is 4.74 Å². The van der Waals surface area contributed by atoms with Crippen molar-refractivity contribution in [2.24, 2.45) is 5.92 Å². The number of carboxylic acid groups (broad SMARTS) is 1. The van der Waals surface area contributed by atoms with Crippen molar-refractivity contribution in [3.05, 3.63) is 35.9 Å². The number of hydrogen-bond donors (Lipinski definition) is 2. The molecule has 0 radical (unpaired) electrons. The summed E-state index contributed by atoms with van der Waals surface area (Å²) in [5.41, 5.74) is -1.04. The van der Waals surface area contributed by atoms with Crippen LogP contribution in [0.1, 0.15) is 39.2 Å². The predicted molar refractivity (Wildman–Crippen MR) is 78.1 cm³/mol. The Kier molecular flexibility index (Phi) is 3.70. The summed E-state index contributed by atoms with van der Waals surface area (Å²) in [6, 6.07) is 9.35. The van der Waals surface area contributed by atoms with Crippen molar-refractivity contribution in [3.63, 3.8) is 0 Å². The molecule has 0 unspecified atom stereocenters. The maximum atomic E-state index is 11.9. The fraction of sp³-hybridized carbons (Fsp3) is 0.500.